The Morgan fingerprint density at radius 3 is 2.64 bits per heavy atom. The van der Waals surface area contributed by atoms with Crippen LogP contribution >= 0.6 is 0 Å². The van der Waals surface area contributed by atoms with Gasteiger partial charge in [-0.2, -0.15) is 0 Å². The van der Waals surface area contributed by atoms with Gasteiger partial charge in [0.2, 0.25) is 0 Å². The van der Waals surface area contributed by atoms with Crippen LogP contribution in [0.1, 0.15) is 91.9 Å². The molecule has 154 valence electrons. The molecule has 0 unspecified atom stereocenters. The van der Waals surface area contributed by atoms with E-state index < -0.39 is 0 Å². The molecule has 0 N–H and O–H groups in total. The van der Waals surface area contributed by atoms with Crippen molar-refractivity contribution in [2.75, 3.05) is 0 Å². The largest absolute Gasteiger partial charge is 0.295 e. The average molecular weight is 381 g/mol. The molecule has 0 radical (unpaired) electrons. The lowest BCUT2D eigenvalue weighted by Gasteiger charge is -2.58. The molecule has 0 aromatic rings. The van der Waals surface area contributed by atoms with E-state index in [9.17, 15) is 4.79 Å². The van der Waals surface area contributed by atoms with Gasteiger partial charge < -0.3 is 0 Å². The Labute approximate surface area is 172 Å². The average Bonchev–Trinajstić information content (AvgIpc) is 2.99. The van der Waals surface area contributed by atoms with Crippen LogP contribution in [-0.4, -0.2) is 5.78 Å². The van der Waals surface area contributed by atoms with Gasteiger partial charge >= 0.3 is 0 Å². The maximum atomic E-state index is 12.0. The SMILES string of the molecule is C=C(CCC=C(C)C)[C@H]1CC[C@H]2[C@@H]3CCC4=CC(=O)CC[C@]4(C)[C@H]3CC[C@@]12C. The number of carbonyl (C=O) groups excluding carboxylic acids is 1. The standard InChI is InChI=1S/C27H40O/c1-18(2)7-6-8-19(3)23-11-12-24-22-10-9-20-17-21(28)13-15-26(20,4)25(22)14-16-27(23,24)5/h7,17,22-25H,3,6,8-16H2,1-2,4-5H3/t22-,23+,24-,25-,26-,27-/m0/s1. The molecule has 0 amide bonds. The summed E-state index contributed by atoms with van der Waals surface area (Å²) < 4.78 is 0. The van der Waals surface area contributed by atoms with E-state index in [2.05, 4.69) is 40.3 Å². The lowest BCUT2D eigenvalue weighted by Crippen LogP contribution is -2.50. The van der Waals surface area contributed by atoms with E-state index in [1.807, 2.05) is 6.08 Å². The molecular formula is C27H40O. The minimum atomic E-state index is 0.302. The second-order valence-electron chi connectivity index (χ2n) is 11.1. The van der Waals surface area contributed by atoms with Crippen molar-refractivity contribution in [3.05, 3.63) is 35.5 Å². The molecule has 0 aliphatic heterocycles. The van der Waals surface area contributed by atoms with Crippen LogP contribution in [0.5, 0.6) is 0 Å². The van der Waals surface area contributed by atoms with Crippen molar-refractivity contribution in [2.45, 2.75) is 91.9 Å². The summed E-state index contributed by atoms with van der Waals surface area (Å²) in [5.41, 5.74) is 5.21. The van der Waals surface area contributed by atoms with E-state index >= 15 is 0 Å². The molecule has 3 fully saturated rings. The van der Waals surface area contributed by atoms with Gasteiger partial charge in [-0.15, -0.1) is 0 Å². The van der Waals surface area contributed by atoms with Crippen molar-refractivity contribution >= 4 is 5.78 Å². The fourth-order valence-electron chi connectivity index (χ4n) is 7.95. The highest BCUT2D eigenvalue weighted by Gasteiger charge is 2.59. The molecular weight excluding hydrogens is 340 g/mol. The van der Waals surface area contributed by atoms with E-state index in [1.165, 1.54) is 61.7 Å². The lowest BCUT2D eigenvalue weighted by molar-refractivity contribution is -0.117. The fraction of sp³-hybridized carbons (Fsp3) is 0.741. The second-order valence-corrected chi connectivity index (χ2v) is 11.1. The summed E-state index contributed by atoms with van der Waals surface area (Å²) in [5.74, 6) is 3.63. The van der Waals surface area contributed by atoms with Gasteiger partial charge in [0.25, 0.3) is 0 Å². The van der Waals surface area contributed by atoms with E-state index in [-0.39, 0.29) is 0 Å². The summed E-state index contributed by atoms with van der Waals surface area (Å²) in [4.78, 5) is 12.0. The van der Waals surface area contributed by atoms with E-state index in [1.54, 1.807) is 0 Å². The van der Waals surface area contributed by atoms with Crippen molar-refractivity contribution in [2.24, 2.45) is 34.5 Å². The number of carbonyl (C=O) groups is 1. The quantitative estimate of drug-likeness (QED) is 0.463. The Morgan fingerprint density at radius 1 is 1.11 bits per heavy atom. The van der Waals surface area contributed by atoms with Gasteiger partial charge in [-0.3, -0.25) is 4.79 Å². The summed E-state index contributed by atoms with van der Waals surface area (Å²) in [6, 6.07) is 0. The van der Waals surface area contributed by atoms with Crippen LogP contribution in [-0.2, 0) is 4.79 Å². The normalized spacial score (nSPS) is 42.1. The van der Waals surface area contributed by atoms with Gasteiger partial charge in [-0.05, 0) is 112 Å². The molecule has 1 heteroatoms. The van der Waals surface area contributed by atoms with Crippen LogP contribution in [0, 0.1) is 34.5 Å². The summed E-state index contributed by atoms with van der Waals surface area (Å²) in [6.45, 7) is 14.1. The van der Waals surface area contributed by atoms with Crippen LogP contribution in [0.25, 0.3) is 0 Å². The van der Waals surface area contributed by atoms with Crippen molar-refractivity contribution in [1.29, 1.82) is 0 Å². The monoisotopic (exact) mass is 380 g/mol. The highest BCUT2D eigenvalue weighted by atomic mass is 16.1. The second kappa shape index (κ2) is 7.29. The Balaban J connectivity index is 1.52. The van der Waals surface area contributed by atoms with Gasteiger partial charge in [0.15, 0.2) is 5.78 Å². The predicted molar refractivity (Wildman–Crippen MR) is 118 cm³/mol. The predicted octanol–water partition coefficient (Wildman–Crippen LogP) is 7.44. The van der Waals surface area contributed by atoms with Crippen molar-refractivity contribution < 1.29 is 4.79 Å². The third-order valence-corrected chi connectivity index (χ3v) is 9.47. The minimum absolute atomic E-state index is 0.302. The molecule has 0 aromatic heterocycles. The molecule has 28 heavy (non-hydrogen) atoms. The fourth-order valence-corrected chi connectivity index (χ4v) is 7.95. The maximum Gasteiger partial charge on any atom is 0.155 e. The Hall–Kier alpha value is -1.11. The zero-order valence-corrected chi connectivity index (χ0v) is 18.7. The van der Waals surface area contributed by atoms with Gasteiger partial charge in [-0.25, -0.2) is 0 Å². The first-order valence-electron chi connectivity index (χ1n) is 11.8. The summed E-state index contributed by atoms with van der Waals surface area (Å²) in [6.07, 6.45) is 16.6. The first-order chi connectivity index (χ1) is 13.3. The number of ketones is 1. The molecule has 0 aromatic carbocycles. The zero-order chi connectivity index (χ0) is 20.1. The van der Waals surface area contributed by atoms with Crippen LogP contribution < -0.4 is 0 Å². The Morgan fingerprint density at radius 2 is 1.89 bits per heavy atom. The Kier molecular flexibility index (Phi) is 5.26. The molecule has 0 spiro atoms. The lowest BCUT2D eigenvalue weighted by atomic mass is 9.46. The summed E-state index contributed by atoms with van der Waals surface area (Å²) in [7, 11) is 0. The molecule has 6 atom stereocenters. The third-order valence-electron chi connectivity index (χ3n) is 9.47. The van der Waals surface area contributed by atoms with Crippen molar-refractivity contribution in [3.63, 3.8) is 0 Å². The Bertz CT molecular complexity index is 721. The topological polar surface area (TPSA) is 17.1 Å². The zero-order valence-electron chi connectivity index (χ0n) is 18.7. The van der Waals surface area contributed by atoms with Gasteiger partial charge in [-0.1, -0.05) is 43.2 Å². The number of hydrogen-bond donors (Lipinski definition) is 0. The smallest absolute Gasteiger partial charge is 0.155 e. The number of hydrogen-bond acceptors (Lipinski definition) is 1. The molecule has 0 bridgehead atoms. The van der Waals surface area contributed by atoms with Crippen molar-refractivity contribution in [1.82, 2.24) is 0 Å². The molecule has 4 rings (SSSR count). The van der Waals surface area contributed by atoms with Crippen molar-refractivity contribution in [3.8, 4) is 0 Å². The molecule has 4 aliphatic rings. The summed E-state index contributed by atoms with van der Waals surface area (Å²) >= 11 is 0. The molecule has 4 aliphatic carbocycles. The first kappa shape index (κ1) is 20.2. The van der Waals surface area contributed by atoms with Crippen LogP contribution in [0.4, 0.5) is 0 Å². The van der Waals surface area contributed by atoms with Gasteiger partial charge in [0, 0.05) is 6.42 Å². The first-order valence-corrected chi connectivity index (χ1v) is 11.8. The third kappa shape index (κ3) is 3.17. The van der Waals surface area contributed by atoms with Crippen LogP contribution in [0.2, 0.25) is 0 Å². The van der Waals surface area contributed by atoms with Gasteiger partial charge in [0.05, 0.1) is 0 Å². The van der Waals surface area contributed by atoms with Gasteiger partial charge in [0.1, 0.15) is 0 Å². The minimum Gasteiger partial charge on any atom is -0.295 e. The molecule has 1 nitrogen and oxygen atoms in total. The highest BCUT2D eigenvalue weighted by Crippen LogP contribution is 2.67. The number of rotatable bonds is 4. The van der Waals surface area contributed by atoms with E-state index in [0.29, 0.717) is 16.6 Å². The van der Waals surface area contributed by atoms with E-state index in [4.69, 9.17) is 0 Å². The molecule has 0 heterocycles. The number of allylic oxidation sites excluding steroid dienone is 4. The van der Waals surface area contributed by atoms with E-state index in [0.717, 1.165) is 42.9 Å². The number of fused-ring (bicyclic) bond motifs is 5. The highest BCUT2D eigenvalue weighted by molar-refractivity contribution is 5.91. The molecule has 0 saturated heterocycles. The van der Waals surface area contributed by atoms with Crippen LogP contribution in [0.3, 0.4) is 0 Å². The molecule has 3 saturated carbocycles. The summed E-state index contributed by atoms with van der Waals surface area (Å²) in [5, 5.41) is 0. The maximum absolute atomic E-state index is 12.0. The van der Waals surface area contributed by atoms with Crippen LogP contribution in [0.15, 0.2) is 35.5 Å².